The van der Waals surface area contributed by atoms with Gasteiger partial charge >= 0.3 is 0 Å². The number of carbonyl (C=O) groups is 3. The van der Waals surface area contributed by atoms with Gasteiger partial charge in [-0.25, -0.2) is 8.42 Å². The number of benzene rings is 1. The Hall–Kier alpha value is -3.22. The van der Waals surface area contributed by atoms with E-state index in [0.717, 1.165) is 15.6 Å². The molecule has 2 aromatic heterocycles. The van der Waals surface area contributed by atoms with Gasteiger partial charge in [0.05, 0.1) is 19.7 Å². The lowest BCUT2D eigenvalue weighted by Gasteiger charge is -2.23. The Labute approximate surface area is 225 Å². The number of carbonyl (C=O) groups excluding carboxylic acids is 3. The van der Waals surface area contributed by atoms with Crippen LogP contribution in [0.1, 0.15) is 43.7 Å². The number of hydrogen-bond acceptors (Lipinski definition) is 8. The van der Waals surface area contributed by atoms with Crippen LogP contribution in [0.15, 0.2) is 50.4 Å². The normalized spacial score (nSPS) is 17.8. The maximum atomic E-state index is 13.3. The number of fused-ring (bicyclic) bond motifs is 1. The molecule has 1 aliphatic rings. The van der Waals surface area contributed by atoms with Gasteiger partial charge in [0.2, 0.25) is 5.91 Å². The number of hydrogen-bond donors (Lipinski definition) is 2. The number of amides is 2. The first-order valence-corrected chi connectivity index (χ1v) is 14.7. The van der Waals surface area contributed by atoms with Crippen molar-refractivity contribution in [3.05, 3.63) is 47.5 Å². The Balaban J connectivity index is 1.45. The Morgan fingerprint density at radius 2 is 2.03 bits per heavy atom. The minimum atomic E-state index is -3.78. The molecule has 0 unspecified atom stereocenters. The Bertz CT molecular complexity index is 1410. The summed E-state index contributed by atoms with van der Waals surface area (Å²) in [4.78, 5) is 39.3. The first-order valence-electron chi connectivity index (χ1n) is 12.3. The predicted molar refractivity (Wildman–Crippen MR) is 143 cm³/mol. The third-order valence-electron chi connectivity index (χ3n) is 6.31. The number of sulfonamides is 1. The molecular weight excluding hydrogens is 530 g/mol. The summed E-state index contributed by atoms with van der Waals surface area (Å²) in [5.41, 5.74) is 0.427. The molecule has 10 nitrogen and oxygen atoms in total. The molecular formula is C26H31N3O7S2. The number of nitrogens with zero attached hydrogens (tertiary/aromatic N) is 1. The van der Waals surface area contributed by atoms with Gasteiger partial charge in [-0.3, -0.25) is 14.4 Å². The van der Waals surface area contributed by atoms with Gasteiger partial charge < -0.3 is 19.8 Å². The van der Waals surface area contributed by atoms with Crippen LogP contribution in [0.5, 0.6) is 5.75 Å². The summed E-state index contributed by atoms with van der Waals surface area (Å²) < 4.78 is 38.1. The highest BCUT2D eigenvalue weighted by molar-refractivity contribution is 7.91. The molecule has 2 amide bonds. The summed E-state index contributed by atoms with van der Waals surface area (Å²) in [5, 5.41) is 7.84. The van der Waals surface area contributed by atoms with Crippen molar-refractivity contribution in [1.29, 1.82) is 0 Å². The molecule has 1 saturated heterocycles. The number of methoxy groups -OCH3 is 1. The molecule has 0 aliphatic carbocycles. The molecule has 4 rings (SSSR count). The first kappa shape index (κ1) is 27.8. The summed E-state index contributed by atoms with van der Waals surface area (Å²) in [6, 6.07) is 8.25. The third-order valence-corrected chi connectivity index (χ3v) is 9.53. The van der Waals surface area contributed by atoms with Gasteiger partial charge in [-0.1, -0.05) is 32.0 Å². The zero-order valence-electron chi connectivity index (χ0n) is 21.4. The molecule has 3 heterocycles. The number of rotatable bonds is 9. The fourth-order valence-electron chi connectivity index (χ4n) is 4.40. The van der Waals surface area contributed by atoms with Crippen LogP contribution in [-0.2, 0) is 19.6 Å². The lowest BCUT2D eigenvalue weighted by Crippen LogP contribution is -2.52. The number of Topliss-reactive ketones (excluding diaryl/α,β-unsaturated/α-hetero) is 1. The number of nitrogens with one attached hydrogen (secondary N) is 2. The molecule has 0 radical (unpaired) electrons. The summed E-state index contributed by atoms with van der Waals surface area (Å²) in [7, 11) is -2.27. The van der Waals surface area contributed by atoms with Gasteiger partial charge in [0, 0.05) is 11.9 Å². The molecule has 2 atom stereocenters. The molecule has 0 bridgehead atoms. The van der Waals surface area contributed by atoms with E-state index in [1.54, 1.807) is 35.7 Å². The molecule has 12 heteroatoms. The van der Waals surface area contributed by atoms with Crippen molar-refractivity contribution in [2.24, 2.45) is 5.92 Å². The maximum Gasteiger partial charge on any atom is 0.287 e. The number of ketones is 1. The Morgan fingerprint density at radius 3 is 2.71 bits per heavy atom. The molecule has 38 heavy (non-hydrogen) atoms. The minimum Gasteiger partial charge on any atom is -0.493 e. The van der Waals surface area contributed by atoms with Crippen molar-refractivity contribution >= 4 is 49.9 Å². The summed E-state index contributed by atoms with van der Waals surface area (Å²) in [6.07, 6.45) is 1.04. The van der Waals surface area contributed by atoms with E-state index >= 15 is 0 Å². The number of ether oxygens (including phenoxy) is 1. The van der Waals surface area contributed by atoms with Gasteiger partial charge in [0.25, 0.3) is 15.9 Å². The van der Waals surface area contributed by atoms with Crippen LogP contribution in [0.4, 0.5) is 0 Å². The lowest BCUT2D eigenvalue weighted by molar-refractivity contribution is -0.129. The third kappa shape index (κ3) is 6.08. The second-order valence-electron chi connectivity index (χ2n) is 9.59. The van der Waals surface area contributed by atoms with Crippen molar-refractivity contribution in [2.75, 3.05) is 20.2 Å². The van der Waals surface area contributed by atoms with Crippen molar-refractivity contribution in [3.8, 4) is 5.75 Å². The summed E-state index contributed by atoms with van der Waals surface area (Å²) >= 11 is 1.09. The highest BCUT2D eigenvalue weighted by Crippen LogP contribution is 2.28. The average Bonchev–Trinajstić information content (AvgIpc) is 3.53. The van der Waals surface area contributed by atoms with Gasteiger partial charge in [-0.2, -0.15) is 4.31 Å². The molecule has 1 aliphatic heterocycles. The van der Waals surface area contributed by atoms with E-state index in [1.807, 2.05) is 13.8 Å². The zero-order valence-corrected chi connectivity index (χ0v) is 23.1. The molecule has 1 aromatic carbocycles. The number of furan rings is 1. The van der Waals surface area contributed by atoms with Gasteiger partial charge in [0.15, 0.2) is 22.9 Å². The van der Waals surface area contributed by atoms with Gasteiger partial charge in [-0.15, -0.1) is 11.3 Å². The van der Waals surface area contributed by atoms with Crippen LogP contribution in [0.3, 0.4) is 0 Å². The van der Waals surface area contributed by atoms with Gasteiger partial charge in [-0.05, 0) is 48.8 Å². The minimum absolute atomic E-state index is 0.0334. The first-order chi connectivity index (χ1) is 18.1. The van der Waals surface area contributed by atoms with Crippen LogP contribution < -0.4 is 15.4 Å². The standard InChI is InChI=1S/C26H31N3O7S2/c1-16(2)13-19(28-26(32)22-14-17-7-4-9-21(35-3)24(17)36-22)25(31)27-18-8-5-11-29(15-20(18)30)38(33,34)23-10-6-12-37-23/h4,6-7,9-10,12,14,16,18-19H,5,8,11,13,15H2,1-3H3,(H,27,31)(H,28,32)/t18-,19+/m1/s1. The van der Waals surface area contributed by atoms with Crippen molar-refractivity contribution in [2.45, 2.75) is 49.4 Å². The Kier molecular flexibility index (Phi) is 8.54. The fraction of sp³-hybridized carbons (Fsp3) is 0.423. The molecule has 204 valence electrons. The van der Waals surface area contributed by atoms with E-state index in [9.17, 15) is 22.8 Å². The van der Waals surface area contributed by atoms with E-state index in [1.165, 1.54) is 13.2 Å². The number of thiophene rings is 1. The SMILES string of the molecule is COc1cccc2cc(C(=O)N[C@@H](CC(C)C)C(=O)N[C@@H]3CCCN(S(=O)(=O)c4cccs4)CC3=O)oc12. The molecule has 1 fully saturated rings. The summed E-state index contributed by atoms with van der Waals surface area (Å²) in [5.74, 6) is -0.878. The zero-order chi connectivity index (χ0) is 27.4. The molecule has 2 N–H and O–H groups in total. The number of para-hydroxylation sites is 1. The molecule has 3 aromatic rings. The van der Waals surface area contributed by atoms with E-state index in [2.05, 4.69) is 10.6 Å². The van der Waals surface area contributed by atoms with Crippen LogP contribution >= 0.6 is 11.3 Å². The second-order valence-corrected chi connectivity index (χ2v) is 12.7. The highest BCUT2D eigenvalue weighted by atomic mass is 32.2. The molecule has 0 saturated carbocycles. The second kappa shape index (κ2) is 11.7. The van der Waals surface area contributed by atoms with E-state index < -0.39 is 39.7 Å². The maximum absolute atomic E-state index is 13.3. The molecule has 0 spiro atoms. The summed E-state index contributed by atoms with van der Waals surface area (Å²) in [6.45, 7) is 3.69. The average molecular weight is 562 g/mol. The van der Waals surface area contributed by atoms with E-state index in [4.69, 9.17) is 9.15 Å². The van der Waals surface area contributed by atoms with Crippen LogP contribution in [0.2, 0.25) is 0 Å². The highest BCUT2D eigenvalue weighted by Gasteiger charge is 2.35. The van der Waals surface area contributed by atoms with E-state index in [0.29, 0.717) is 36.0 Å². The van der Waals surface area contributed by atoms with Crippen LogP contribution in [0.25, 0.3) is 11.0 Å². The van der Waals surface area contributed by atoms with Crippen LogP contribution in [0, 0.1) is 5.92 Å². The fourth-order valence-corrected chi connectivity index (χ4v) is 6.99. The monoisotopic (exact) mass is 561 g/mol. The Morgan fingerprint density at radius 1 is 1.24 bits per heavy atom. The lowest BCUT2D eigenvalue weighted by atomic mass is 10.0. The van der Waals surface area contributed by atoms with Crippen molar-refractivity contribution in [1.82, 2.24) is 14.9 Å². The largest absolute Gasteiger partial charge is 0.493 e. The van der Waals surface area contributed by atoms with Crippen LogP contribution in [-0.4, -0.2) is 62.6 Å². The smallest absolute Gasteiger partial charge is 0.287 e. The van der Waals surface area contributed by atoms with Crippen molar-refractivity contribution in [3.63, 3.8) is 0 Å². The predicted octanol–water partition coefficient (Wildman–Crippen LogP) is 3.19. The van der Waals surface area contributed by atoms with Gasteiger partial charge in [0.1, 0.15) is 10.3 Å². The van der Waals surface area contributed by atoms with Crippen molar-refractivity contribution < 1.29 is 32.0 Å². The van der Waals surface area contributed by atoms with E-state index in [-0.39, 0.29) is 29.0 Å². The quantitative estimate of drug-likeness (QED) is 0.410. The topological polar surface area (TPSA) is 135 Å².